The highest BCUT2D eigenvalue weighted by Gasteiger charge is 2.19. The van der Waals surface area contributed by atoms with E-state index in [9.17, 15) is 4.79 Å². The standard InChI is InChI=1S/C25H24N6OS2/c1-16(21-15-33-24(28-21)19-7-4-9-26-13-19)27-12-17-5-3-6-18(11-17)23(32)30-25-29-20-8-10-31(2)14-22(20)34-25/h3-7,9,11,13,15,27H,1,8,10,12,14H2,2H3,(H,29,30,32). The number of hydrogen-bond acceptors (Lipinski definition) is 8. The third-order valence-electron chi connectivity index (χ3n) is 5.56. The Morgan fingerprint density at radius 2 is 2.15 bits per heavy atom. The number of nitrogens with one attached hydrogen (secondary N) is 2. The number of amides is 1. The van der Waals surface area contributed by atoms with Gasteiger partial charge in [-0.25, -0.2) is 9.97 Å². The minimum atomic E-state index is -0.152. The number of fused-ring (bicyclic) bond motifs is 1. The van der Waals surface area contributed by atoms with Gasteiger partial charge in [-0.2, -0.15) is 0 Å². The molecule has 1 aliphatic heterocycles. The SMILES string of the molecule is C=C(NCc1cccc(C(=O)Nc2nc3c(s2)CN(C)CC3)c1)c1csc(-c2cccnc2)n1. The second kappa shape index (κ2) is 9.84. The summed E-state index contributed by atoms with van der Waals surface area (Å²) in [5, 5.41) is 9.83. The molecule has 0 saturated heterocycles. The number of likely N-dealkylation sites (N-methyl/N-ethyl adjacent to an activating group) is 1. The van der Waals surface area contributed by atoms with Crippen LogP contribution in [-0.2, 0) is 19.5 Å². The number of nitrogens with zero attached hydrogens (tertiary/aromatic N) is 4. The number of aromatic nitrogens is 3. The zero-order chi connectivity index (χ0) is 23.5. The quantitative estimate of drug-likeness (QED) is 0.394. The van der Waals surface area contributed by atoms with Gasteiger partial charge in [0.2, 0.25) is 0 Å². The fourth-order valence-electron chi connectivity index (χ4n) is 3.70. The molecule has 4 aromatic rings. The molecular weight excluding hydrogens is 464 g/mol. The van der Waals surface area contributed by atoms with Crippen LogP contribution in [0.5, 0.6) is 0 Å². The van der Waals surface area contributed by atoms with E-state index >= 15 is 0 Å². The van der Waals surface area contributed by atoms with Crippen molar-refractivity contribution in [2.45, 2.75) is 19.5 Å². The van der Waals surface area contributed by atoms with E-state index < -0.39 is 0 Å². The van der Waals surface area contributed by atoms with Gasteiger partial charge in [0.25, 0.3) is 5.91 Å². The van der Waals surface area contributed by atoms with Crippen molar-refractivity contribution in [2.75, 3.05) is 18.9 Å². The first-order valence-electron chi connectivity index (χ1n) is 10.9. The van der Waals surface area contributed by atoms with Crippen LogP contribution in [0.4, 0.5) is 5.13 Å². The van der Waals surface area contributed by atoms with E-state index in [0.717, 1.165) is 52.7 Å². The van der Waals surface area contributed by atoms with E-state index in [4.69, 9.17) is 0 Å². The molecule has 4 heterocycles. The van der Waals surface area contributed by atoms with Crippen molar-refractivity contribution >= 4 is 39.4 Å². The van der Waals surface area contributed by atoms with Crippen molar-refractivity contribution in [1.29, 1.82) is 0 Å². The van der Waals surface area contributed by atoms with Crippen molar-refractivity contribution < 1.29 is 4.79 Å². The Morgan fingerprint density at radius 3 is 3.00 bits per heavy atom. The Kier molecular flexibility index (Phi) is 6.48. The minimum absolute atomic E-state index is 0.152. The van der Waals surface area contributed by atoms with Crippen molar-refractivity contribution in [3.05, 3.63) is 88.1 Å². The van der Waals surface area contributed by atoms with Gasteiger partial charge >= 0.3 is 0 Å². The molecule has 1 aliphatic rings. The molecule has 3 aromatic heterocycles. The van der Waals surface area contributed by atoms with Crippen molar-refractivity contribution in [3.63, 3.8) is 0 Å². The number of thiazole rings is 2. The van der Waals surface area contributed by atoms with Crippen molar-refractivity contribution in [3.8, 4) is 10.6 Å². The number of carbonyl (C=O) groups is 1. The molecule has 0 radical (unpaired) electrons. The first kappa shape index (κ1) is 22.4. The summed E-state index contributed by atoms with van der Waals surface area (Å²) in [4.78, 5) is 29.8. The first-order chi connectivity index (χ1) is 16.5. The summed E-state index contributed by atoms with van der Waals surface area (Å²) in [5.74, 6) is -0.152. The Morgan fingerprint density at radius 1 is 1.24 bits per heavy atom. The minimum Gasteiger partial charge on any atom is -0.380 e. The van der Waals surface area contributed by atoms with Crippen LogP contribution < -0.4 is 10.6 Å². The van der Waals surface area contributed by atoms with Crippen LogP contribution in [0, 0.1) is 0 Å². The lowest BCUT2D eigenvalue weighted by Crippen LogP contribution is -2.25. The highest BCUT2D eigenvalue weighted by molar-refractivity contribution is 7.16. The van der Waals surface area contributed by atoms with Crippen LogP contribution in [-0.4, -0.2) is 39.4 Å². The predicted molar refractivity (Wildman–Crippen MR) is 138 cm³/mol. The van der Waals surface area contributed by atoms with E-state index in [0.29, 0.717) is 17.2 Å². The second-order valence-corrected chi connectivity index (χ2v) is 10.1. The summed E-state index contributed by atoms with van der Waals surface area (Å²) in [6.07, 6.45) is 4.47. The number of anilines is 1. The number of carbonyl (C=O) groups excluding carboxylic acids is 1. The molecule has 0 spiro atoms. The molecule has 0 aliphatic carbocycles. The summed E-state index contributed by atoms with van der Waals surface area (Å²) >= 11 is 3.12. The van der Waals surface area contributed by atoms with Gasteiger partial charge in [0.05, 0.1) is 17.1 Å². The molecule has 1 amide bonds. The number of hydrogen-bond donors (Lipinski definition) is 2. The first-order valence-corrected chi connectivity index (χ1v) is 12.6. The molecule has 0 saturated carbocycles. The number of pyridine rings is 1. The van der Waals surface area contributed by atoms with Crippen molar-refractivity contribution in [2.24, 2.45) is 0 Å². The van der Waals surface area contributed by atoms with Gasteiger partial charge in [0, 0.05) is 59.8 Å². The van der Waals surface area contributed by atoms with Crippen LogP contribution in [0.25, 0.3) is 16.3 Å². The van der Waals surface area contributed by atoms with Crippen LogP contribution >= 0.6 is 22.7 Å². The molecule has 0 unspecified atom stereocenters. The summed E-state index contributed by atoms with van der Waals surface area (Å²) in [6, 6.07) is 11.5. The summed E-state index contributed by atoms with van der Waals surface area (Å²) in [5.41, 5.74) is 5.21. The van der Waals surface area contributed by atoms with Gasteiger partial charge in [-0.1, -0.05) is 18.7 Å². The molecule has 7 nitrogen and oxygen atoms in total. The summed E-state index contributed by atoms with van der Waals surface area (Å²) < 4.78 is 0. The average Bonchev–Trinajstić information content (AvgIpc) is 3.50. The lowest BCUT2D eigenvalue weighted by molar-refractivity contribution is 0.102. The topological polar surface area (TPSA) is 83.0 Å². The summed E-state index contributed by atoms with van der Waals surface area (Å²) in [7, 11) is 2.10. The molecule has 9 heteroatoms. The zero-order valence-corrected chi connectivity index (χ0v) is 20.4. The predicted octanol–water partition coefficient (Wildman–Crippen LogP) is 4.66. The van der Waals surface area contributed by atoms with E-state index in [2.05, 4.69) is 44.1 Å². The molecular formula is C25H24N6OS2. The fraction of sp³-hybridized carbons (Fsp3) is 0.200. The molecule has 2 N–H and O–H groups in total. The Hall–Kier alpha value is -3.40. The highest BCUT2D eigenvalue weighted by Crippen LogP contribution is 2.28. The maximum Gasteiger partial charge on any atom is 0.257 e. The Balaban J connectivity index is 1.20. The molecule has 0 atom stereocenters. The van der Waals surface area contributed by atoms with E-state index in [-0.39, 0.29) is 5.91 Å². The molecule has 5 rings (SSSR count). The van der Waals surface area contributed by atoms with Crippen LogP contribution in [0.2, 0.25) is 0 Å². The second-order valence-electron chi connectivity index (χ2n) is 8.14. The lowest BCUT2D eigenvalue weighted by atomic mass is 10.1. The molecule has 1 aromatic carbocycles. The molecule has 0 bridgehead atoms. The van der Waals surface area contributed by atoms with Gasteiger partial charge in [0.1, 0.15) is 5.01 Å². The van der Waals surface area contributed by atoms with Crippen molar-refractivity contribution in [1.82, 2.24) is 25.2 Å². The highest BCUT2D eigenvalue weighted by atomic mass is 32.1. The number of rotatable bonds is 7. The molecule has 34 heavy (non-hydrogen) atoms. The van der Waals surface area contributed by atoms with Gasteiger partial charge < -0.3 is 10.2 Å². The normalized spacial score (nSPS) is 13.3. The number of benzene rings is 1. The third-order valence-corrected chi connectivity index (χ3v) is 7.45. The lowest BCUT2D eigenvalue weighted by Gasteiger charge is -2.20. The molecule has 172 valence electrons. The Bertz CT molecular complexity index is 1330. The van der Waals surface area contributed by atoms with E-state index in [1.165, 1.54) is 4.88 Å². The Labute approximate surface area is 206 Å². The van der Waals surface area contributed by atoms with E-state index in [1.54, 1.807) is 35.1 Å². The van der Waals surface area contributed by atoms with Gasteiger partial charge in [-0.15, -0.1) is 22.7 Å². The van der Waals surface area contributed by atoms with Gasteiger partial charge in [0.15, 0.2) is 5.13 Å². The van der Waals surface area contributed by atoms with Crippen LogP contribution in [0.3, 0.4) is 0 Å². The largest absolute Gasteiger partial charge is 0.380 e. The third kappa shape index (κ3) is 5.06. The zero-order valence-electron chi connectivity index (χ0n) is 18.7. The maximum atomic E-state index is 12.8. The fourth-order valence-corrected chi connectivity index (χ4v) is 5.61. The van der Waals surface area contributed by atoms with E-state index in [1.807, 2.05) is 41.8 Å². The van der Waals surface area contributed by atoms with Crippen LogP contribution in [0.15, 0.2) is 60.8 Å². The monoisotopic (exact) mass is 488 g/mol. The maximum absolute atomic E-state index is 12.8. The average molecular weight is 489 g/mol. The van der Waals surface area contributed by atoms with Gasteiger partial charge in [-0.3, -0.25) is 15.1 Å². The van der Waals surface area contributed by atoms with Gasteiger partial charge in [-0.05, 0) is 36.9 Å². The molecule has 0 fully saturated rings. The van der Waals surface area contributed by atoms with Crippen LogP contribution in [0.1, 0.15) is 32.2 Å². The summed E-state index contributed by atoms with van der Waals surface area (Å²) in [6.45, 7) is 6.55. The smallest absolute Gasteiger partial charge is 0.257 e.